The summed E-state index contributed by atoms with van der Waals surface area (Å²) in [6.45, 7) is 3.53. The Hall–Kier alpha value is -0.420. The minimum Gasteiger partial charge on any atom is -0.347 e. The molecule has 1 saturated heterocycles. The molecule has 3 nitrogen and oxygen atoms in total. The SMILES string of the molecule is CC(=O)C1CCCN(c2nc(Br)cs2)C1. The molecule has 0 saturated carbocycles. The molecule has 1 aromatic heterocycles. The first-order valence-corrected chi connectivity index (χ1v) is 6.70. The second-order valence-electron chi connectivity index (χ2n) is 3.85. The first kappa shape index (κ1) is 11.1. The number of hydrogen-bond acceptors (Lipinski definition) is 4. The van der Waals surface area contributed by atoms with E-state index < -0.39 is 0 Å². The third-order valence-corrected chi connectivity index (χ3v) is 4.34. The number of Topliss-reactive ketones (excluding diaryl/α,β-unsaturated/α-hetero) is 1. The van der Waals surface area contributed by atoms with Crippen LogP contribution in [0.2, 0.25) is 0 Å². The molecule has 5 heteroatoms. The van der Waals surface area contributed by atoms with Crippen molar-refractivity contribution in [2.75, 3.05) is 18.0 Å². The number of ketones is 1. The number of rotatable bonds is 2. The van der Waals surface area contributed by atoms with Crippen LogP contribution in [0.3, 0.4) is 0 Å². The molecule has 0 N–H and O–H groups in total. The zero-order valence-corrected chi connectivity index (χ0v) is 11.0. The van der Waals surface area contributed by atoms with Gasteiger partial charge in [-0.15, -0.1) is 11.3 Å². The monoisotopic (exact) mass is 288 g/mol. The van der Waals surface area contributed by atoms with Crippen LogP contribution in [0.4, 0.5) is 5.13 Å². The molecule has 1 fully saturated rings. The number of thiazole rings is 1. The molecule has 0 radical (unpaired) electrons. The van der Waals surface area contributed by atoms with E-state index >= 15 is 0 Å². The maximum absolute atomic E-state index is 11.3. The Labute approximate surface area is 102 Å². The second kappa shape index (κ2) is 4.61. The molecule has 15 heavy (non-hydrogen) atoms. The van der Waals surface area contributed by atoms with Crippen molar-refractivity contribution < 1.29 is 4.79 Å². The molecular weight excluding hydrogens is 276 g/mol. The third kappa shape index (κ3) is 2.58. The predicted molar refractivity (Wildman–Crippen MR) is 65.4 cm³/mol. The molecule has 0 spiro atoms. The van der Waals surface area contributed by atoms with Gasteiger partial charge in [0.25, 0.3) is 0 Å². The van der Waals surface area contributed by atoms with Crippen LogP contribution in [0.25, 0.3) is 0 Å². The van der Waals surface area contributed by atoms with E-state index in [9.17, 15) is 4.79 Å². The Morgan fingerprint density at radius 3 is 3.13 bits per heavy atom. The highest BCUT2D eigenvalue weighted by Crippen LogP contribution is 2.28. The minimum atomic E-state index is 0.196. The lowest BCUT2D eigenvalue weighted by atomic mass is 9.95. The van der Waals surface area contributed by atoms with E-state index in [0.29, 0.717) is 5.78 Å². The number of aromatic nitrogens is 1. The van der Waals surface area contributed by atoms with Gasteiger partial charge in [-0.25, -0.2) is 4.98 Å². The van der Waals surface area contributed by atoms with Crippen molar-refractivity contribution in [1.29, 1.82) is 0 Å². The van der Waals surface area contributed by atoms with Crippen molar-refractivity contribution in [3.63, 3.8) is 0 Å². The Morgan fingerprint density at radius 2 is 2.53 bits per heavy atom. The van der Waals surface area contributed by atoms with Gasteiger partial charge in [-0.1, -0.05) is 0 Å². The van der Waals surface area contributed by atoms with Gasteiger partial charge in [-0.2, -0.15) is 0 Å². The number of nitrogens with zero attached hydrogens (tertiary/aromatic N) is 2. The van der Waals surface area contributed by atoms with Crippen molar-refractivity contribution in [3.05, 3.63) is 9.98 Å². The van der Waals surface area contributed by atoms with Gasteiger partial charge >= 0.3 is 0 Å². The van der Waals surface area contributed by atoms with Crippen LogP contribution in [0.1, 0.15) is 19.8 Å². The summed E-state index contributed by atoms with van der Waals surface area (Å²) in [6.07, 6.45) is 2.11. The summed E-state index contributed by atoms with van der Waals surface area (Å²) in [5.41, 5.74) is 0. The Morgan fingerprint density at radius 1 is 1.73 bits per heavy atom. The molecule has 1 aliphatic heterocycles. The Bertz CT molecular complexity index is 366. The van der Waals surface area contributed by atoms with Crippen molar-refractivity contribution >= 4 is 38.2 Å². The average molecular weight is 289 g/mol. The third-order valence-electron chi connectivity index (χ3n) is 2.73. The molecule has 82 valence electrons. The van der Waals surface area contributed by atoms with E-state index in [0.717, 1.165) is 35.7 Å². The number of carbonyl (C=O) groups excluding carboxylic acids is 1. The highest BCUT2D eigenvalue weighted by atomic mass is 79.9. The van der Waals surface area contributed by atoms with Crippen LogP contribution < -0.4 is 4.90 Å². The summed E-state index contributed by atoms with van der Waals surface area (Å²) >= 11 is 4.97. The molecule has 0 aliphatic carbocycles. The van der Waals surface area contributed by atoms with Gasteiger partial charge in [0.2, 0.25) is 0 Å². The number of hydrogen-bond donors (Lipinski definition) is 0. The van der Waals surface area contributed by atoms with Crippen molar-refractivity contribution in [3.8, 4) is 0 Å². The fraction of sp³-hybridized carbons (Fsp3) is 0.600. The molecule has 0 amide bonds. The summed E-state index contributed by atoms with van der Waals surface area (Å²) in [5.74, 6) is 0.497. The van der Waals surface area contributed by atoms with E-state index in [1.165, 1.54) is 0 Å². The maximum atomic E-state index is 11.3. The van der Waals surface area contributed by atoms with E-state index in [1.807, 2.05) is 5.38 Å². The molecule has 1 atom stereocenters. The van der Waals surface area contributed by atoms with Crippen molar-refractivity contribution in [1.82, 2.24) is 4.98 Å². The fourth-order valence-corrected chi connectivity index (χ4v) is 3.16. The van der Waals surface area contributed by atoms with Gasteiger partial charge in [-0.3, -0.25) is 4.79 Å². The molecule has 0 aromatic carbocycles. The molecule has 1 aromatic rings. The number of anilines is 1. The highest BCUT2D eigenvalue weighted by molar-refractivity contribution is 9.10. The summed E-state index contributed by atoms with van der Waals surface area (Å²) in [7, 11) is 0. The fourth-order valence-electron chi connectivity index (χ4n) is 1.87. The first-order chi connectivity index (χ1) is 7.16. The van der Waals surface area contributed by atoms with E-state index in [4.69, 9.17) is 0 Å². The second-order valence-corrected chi connectivity index (χ2v) is 5.50. The Balaban J connectivity index is 2.07. The lowest BCUT2D eigenvalue weighted by molar-refractivity contribution is -0.120. The zero-order valence-electron chi connectivity index (χ0n) is 8.57. The predicted octanol–water partition coefficient (Wildman–Crippen LogP) is 2.71. The zero-order chi connectivity index (χ0) is 10.8. The standard InChI is InChI=1S/C10H13BrN2OS/c1-7(14)8-3-2-4-13(5-8)10-12-9(11)6-15-10/h6,8H,2-5H2,1H3. The van der Waals surface area contributed by atoms with E-state index in [1.54, 1.807) is 18.3 Å². The van der Waals surface area contributed by atoms with Crippen LogP contribution in [-0.4, -0.2) is 23.9 Å². The van der Waals surface area contributed by atoms with Gasteiger partial charge in [0.05, 0.1) is 0 Å². The van der Waals surface area contributed by atoms with Gasteiger partial charge in [0.1, 0.15) is 10.4 Å². The molecule has 2 rings (SSSR count). The van der Waals surface area contributed by atoms with Gasteiger partial charge < -0.3 is 4.90 Å². The molecule has 2 heterocycles. The topological polar surface area (TPSA) is 33.2 Å². The lowest BCUT2D eigenvalue weighted by Crippen LogP contribution is -2.38. The first-order valence-electron chi connectivity index (χ1n) is 5.03. The van der Waals surface area contributed by atoms with Gasteiger partial charge in [0.15, 0.2) is 5.13 Å². The Kier molecular flexibility index (Phi) is 3.41. The quantitative estimate of drug-likeness (QED) is 0.839. The van der Waals surface area contributed by atoms with Crippen LogP contribution in [0, 0.1) is 5.92 Å². The minimum absolute atomic E-state index is 0.196. The molecule has 0 bridgehead atoms. The van der Waals surface area contributed by atoms with Crippen LogP contribution in [-0.2, 0) is 4.79 Å². The highest BCUT2D eigenvalue weighted by Gasteiger charge is 2.24. The molecule has 1 aliphatic rings. The summed E-state index contributed by atoms with van der Waals surface area (Å²) in [5, 5.41) is 3.00. The summed E-state index contributed by atoms with van der Waals surface area (Å²) < 4.78 is 0.882. The molecule has 1 unspecified atom stereocenters. The van der Waals surface area contributed by atoms with Crippen molar-refractivity contribution in [2.45, 2.75) is 19.8 Å². The van der Waals surface area contributed by atoms with E-state index in [2.05, 4.69) is 25.8 Å². The largest absolute Gasteiger partial charge is 0.347 e. The van der Waals surface area contributed by atoms with Crippen LogP contribution in [0.5, 0.6) is 0 Å². The smallest absolute Gasteiger partial charge is 0.186 e. The van der Waals surface area contributed by atoms with Crippen molar-refractivity contribution in [2.24, 2.45) is 5.92 Å². The van der Waals surface area contributed by atoms with Gasteiger partial charge in [0, 0.05) is 24.4 Å². The normalized spacial score (nSPS) is 21.7. The summed E-state index contributed by atoms with van der Waals surface area (Å²) in [6, 6.07) is 0. The average Bonchev–Trinajstić information content (AvgIpc) is 2.65. The van der Waals surface area contributed by atoms with Gasteiger partial charge in [-0.05, 0) is 35.7 Å². The van der Waals surface area contributed by atoms with E-state index in [-0.39, 0.29) is 5.92 Å². The maximum Gasteiger partial charge on any atom is 0.186 e. The number of halogens is 1. The number of piperidine rings is 1. The van der Waals surface area contributed by atoms with Crippen LogP contribution in [0.15, 0.2) is 9.98 Å². The number of carbonyl (C=O) groups is 1. The lowest BCUT2D eigenvalue weighted by Gasteiger charge is -2.31. The molecular formula is C10H13BrN2OS. The summed E-state index contributed by atoms with van der Waals surface area (Å²) in [4.78, 5) is 17.9. The van der Waals surface area contributed by atoms with Crippen LogP contribution >= 0.6 is 27.3 Å².